The van der Waals surface area contributed by atoms with E-state index in [-0.39, 0.29) is 24.1 Å². The minimum atomic E-state index is -0.646. The molecule has 0 aliphatic heterocycles. The van der Waals surface area contributed by atoms with Crippen molar-refractivity contribution in [1.82, 2.24) is 19.5 Å². The number of benzene rings is 4. The summed E-state index contributed by atoms with van der Waals surface area (Å²) in [5.74, 6) is -1.66. The van der Waals surface area contributed by atoms with Crippen molar-refractivity contribution in [2.45, 2.75) is 78.5 Å². The van der Waals surface area contributed by atoms with Crippen LogP contribution in [0.1, 0.15) is 108 Å². The molecule has 0 atom stereocenters. The quantitative estimate of drug-likeness (QED) is 0.0672. The fraction of sp³-hybridized carbons (Fsp3) is 0.292. The molecular formula is C48H49Br3F2N4O8. The highest BCUT2D eigenvalue weighted by Gasteiger charge is 2.23. The smallest absolute Gasteiger partial charge is 0.339 e. The van der Waals surface area contributed by atoms with Gasteiger partial charge in [0.05, 0.1) is 30.9 Å². The van der Waals surface area contributed by atoms with Gasteiger partial charge in [-0.15, -0.1) is 0 Å². The fourth-order valence-electron chi connectivity index (χ4n) is 5.88. The molecular weight excluding hydrogens is 1040 g/mol. The van der Waals surface area contributed by atoms with Crippen LogP contribution in [0.25, 0.3) is 22.3 Å². The Morgan fingerprint density at radius 2 is 1.20 bits per heavy atom. The summed E-state index contributed by atoms with van der Waals surface area (Å²) in [4.78, 5) is 57.5. The highest BCUT2D eigenvalue weighted by atomic mass is 79.9. The van der Waals surface area contributed by atoms with E-state index in [9.17, 15) is 23.6 Å². The number of rotatable bonds is 13. The average Bonchev–Trinajstić information content (AvgIpc) is 3.76. The molecule has 0 spiro atoms. The summed E-state index contributed by atoms with van der Waals surface area (Å²) in [6, 6.07) is 24.3. The second-order valence-corrected chi connectivity index (χ2v) is 17.9. The van der Waals surface area contributed by atoms with Crippen LogP contribution >= 0.6 is 47.8 Å². The van der Waals surface area contributed by atoms with Crippen molar-refractivity contribution in [2.24, 2.45) is 0 Å². The van der Waals surface area contributed by atoms with Gasteiger partial charge in [0, 0.05) is 10.9 Å². The van der Waals surface area contributed by atoms with E-state index in [1.54, 1.807) is 88.4 Å². The fourth-order valence-corrected chi connectivity index (χ4v) is 7.14. The van der Waals surface area contributed by atoms with E-state index in [1.165, 1.54) is 16.7 Å². The van der Waals surface area contributed by atoms with Gasteiger partial charge in [-0.05, 0) is 139 Å². The van der Waals surface area contributed by atoms with Crippen molar-refractivity contribution >= 4 is 72.3 Å². The van der Waals surface area contributed by atoms with Crippen molar-refractivity contribution in [3.05, 3.63) is 139 Å². The Morgan fingerprint density at radius 3 is 1.62 bits per heavy atom. The standard InChI is InChI=1S/C24H24BrFN2O4.C18H18BrFO2.C6H7BrN2O2/c1-5-31-23-27-21(25)20(14-29)28(23)13-16-11-10-15(12-19(16)26)17-8-6-7-9-18(17)22(30)32-24(2,3)4;1-18(2,3)22-17(21)15-7-5-4-6-14(15)12-8-9-13(11-19)16(20)10-12;1-2-11-6-8-4(3-10)5(7)9-6/h6-12,14H,5,13H2,1-4H3;4-10H,11H2,1-3H3;3H,2H2,1H3,(H,8,9). The number of esters is 2. The van der Waals surface area contributed by atoms with Gasteiger partial charge in [0.2, 0.25) is 0 Å². The topological polar surface area (TPSA) is 152 Å². The number of alkyl halides is 1. The lowest BCUT2D eigenvalue weighted by Gasteiger charge is -2.20. The van der Waals surface area contributed by atoms with Crippen LogP contribution in [0.2, 0.25) is 0 Å². The molecule has 0 aliphatic carbocycles. The summed E-state index contributed by atoms with van der Waals surface area (Å²) < 4.78 is 52.9. The molecule has 0 unspecified atom stereocenters. The molecule has 0 saturated carbocycles. The van der Waals surface area contributed by atoms with Gasteiger partial charge in [-0.25, -0.2) is 18.4 Å². The Labute approximate surface area is 401 Å². The molecule has 6 rings (SSSR count). The molecule has 0 saturated heterocycles. The molecule has 2 aromatic heterocycles. The molecule has 1 N–H and O–H groups in total. The summed E-state index contributed by atoms with van der Waals surface area (Å²) in [6.45, 7) is 15.4. The number of aromatic nitrogens is 4. The lowest BCUT2D eigenvalue weighted by atomic mass is 9.98. The van der Waals surface area contributed by atoms with Crippen LogP contribution in [0.3, 0.4) is 0 Å². The first-order valence-electron chi connectivity index (χ1n) is 20.2. The first kappa shape index (κ1) is 52.1. The number of hydrogen-bond donors (Lipinski definition) is 1. The second kappa shape index (κ2) is 23.6. The minimum absolute atomic E-state index is 0.0574. The largest absolute Gasteiger partial charge is 0.465 e. The molecule has 12 nitrogen and oxygen atoms in total. The van der Waals surface area contributed by atoms with Crippen molar-refractivity contribution in [1.29, 1.82) is 0 Å². The van der Waals surface area contributed by atoms with Gasteiger partial charge in [-0.1, -0.05) is 76.6 Å². The number of imidazole rings is 2. The van der Waals surface area contributed by atoms with E-state index in [2.05, 4.69) is 62.7 Å². The number of ether oxygens (including phenoxy) is 4. The molecule has 0 aliphatic rings. The van der Waals surface area contributed by atoms with Crippen LogP contribution in [0.15, 0.2) is 94.1 Å². The lowest BCUT2D eigenvalue weighted by Crippen LogP contribution is -2.24. The molecule has 0 amide bonds. The number of nitrogens with one attached hydrogen (secondary N) is 1. The van der Waals surface area contributed by atoms with Gasteiger partial charge in [-0.3, -0.25) is 14.2 Å². The number of carbonyl (C=O) groups excluding carboxylic acids is 4. The van der Waals surface area contributed by atoms with Gasteiger partial charge < -0.3 is 23.9 Å². The van der Waals surface area contributed by atoms with E-state index in [4.69, 9.17) is 18.9 Å². The van der Waals surface area contributed by atoms with Gasteiger partial charge in [0.15, 0.2) is 12.6 Å². The highest BCUT2D eigenvalue weighted by Crippen LogP contribution is 2.31. The first-order chi connectivity index (χ1) is 30.7. The summed E-state index contributed by atoms with van der Waals surface area (Å²) in [7, 11) is 0. The molecule has 0 radical (unpaired) electrons. The Hall–Kier alpha value is -5.52. The lowest BCUT2D eigenvalue weighted by molar-refractivity contribution is 0.00578. The molecule has 6 aromatic rings. The van der Waals surface area contributed by atoms with Crippen molar-refractivity contribution < 1.29 is 46.9 Å². The molecule has 344 valence electrons. The third kappa shape index (κ3) is 14.7. The zero-order valence-corrected chi connectivity index (χ0v) is 41.8. The predicted molar refractivity (Wildman–Crippen MR) is 255 cm³/mol. The monoisotopic (exact) mass is 1080 g/mol. The third-order valence-corrected chi connectivity index (χ3v) is 10.5. The molecule has 0 fully saturated rings. The Bertz CT molecular complexity index is 2620. The van der Waals surface area contributed by atoms with Gasteiger partial charge >= 0.3 is 11.9 Å². The van der Waals surface area contributed by atoms with E-state index in [0.29, 0.717) is 96.5 Å². The van der Waals surface area contributed by atoms with Crippen LogP contribution in [0.5, 0.6) is 12.0 Å². The summed E-state index contributed by atoms with van der Waals surface area (Å²) >= 11 is 9.60. The maximum atomic E-state index is 15.1. The maximum absolute atomic E-state index is 15.1. The number of hydrogen-bond acceptors (Lipinski definition) is 10. The molecule has 17 heteroatoms. The Kier molecular flexibility index (Phi) is 18.9. The SMILES string of the molecule is CC(C)(C)OC(=O)c1ccccc1-c1ccc(CBr)c(F)c1.CCOc1nc(Br)c(C=O)n1Cc1ccc(-c2ccccc2C(=O)OC(C)(C)C)cc1F.CCOc1nc(C=O)c(Br)[nH]1. The van der Waals surface area contributed by atoms with Crippen LogP contribution in [-0.2, 0) is 21.3 Å². The number of aromatic amines is 1. The predicted octanol–water partition coefficient (Wildman–Crippen LogP) is 12.4. The zero-order chi connectivity index (χ0) is 48.1. The van der Waals surface area contributed by atoms with Crippen molar-refractivity contribution in [2.75, 3.05) is 13.2 Å². The van der Waals surface area contributed by atoms with E-state index < -0.39 is 29.0 Å². The average molecular weight is 1090 g/mol. The van der Waals surface area contributed by atoms with E-state index in [0.717, 1.165) is 0 Å². The molecule has 2 heterocycles. The van der Waals surface area contributed by atoms with E-state index in [1.807, 2.05) is 39.8 Å². The van der Waals surface area contributed by atoms with Gasteiger partial charge in [0.25, 0.3) is 12.0 Å². The van der Waals surface area contributed by atoms with E-state index >= 15 is 4.39 Å². The Morgan fingerprint density at radius 1 is 0.708 bits per heavy atom. The second-order valence-electron chi connectivity index (χ2n) is 15.8. The number of nitrogens with zero attached hydrogens (tertiary/aromatic N) is 3. The number of carbonyl (C=O) groups is 4. The maximum Gasteiger partial charge on any atom is 0.339 e. The summed E-state index contributed by atoms with van der Waals surface area (Å²) in [5.41, 5.74) is 3.51. The first-order valence-corrected chi connectivity index (χ1v) is 22.9. The van der Waals surface area contributed by atoms with Gasteiger partial charge in [0.1, 0.15) is 43.4 Å². The zero-order valence-electron chi connectivity index (χ0n) is 37.1. The molecule has 65 heavy (non-hydrogen) atoms. The Balaban J connectivity index is 0.000000241. The normalized spacial score (nSPS) is 11.0. The molecule has 0 bridgehead atoms. The van der Waals surface area contributed by atoms with Crippen LogP contribution in [0.4, 0.5) is 8.78 Å². The number of halogens is 5. The minimum Gasteiger partial charge on any atom is -0.465 e. The summed E-state index contributed by atoms with van der Waals surface area (Å²) in [6.07, 6.45) is 1.30. The van der Waals surface area contributed by atoms with Gasteiger partial charge in [-0.2, -0.15) is 9.97 Å². The van der Waals surface area contributed by atoms with Crippen LogP contribution in [0, 0.1) is 11.6 Å². The van der Waals surface area contributed by atoms with Crippen molar-refractivity contribution in [3.8, 4) is 34.3 Å². The van der Waals surface area contributed by atoms with Crippen LogP contribution < -0.4 is 9.47 Å². The number of aldehydes is 2. The van der Waals surface area contributed by atoms with Crippen LogP contribution in [-0.4, -0.2) is 68.4 Å². The number of H-pyrrole nitrogens is 1. The molecule has 4 aromatic carbocycles. The summed E-state index contributed by atoms with van der Waals surface area (Å²) in [5, 5.41) is 0.451. The highest BCUT2D eigenvalue weighted by molar-refractivity contribution is 9.10. The third-order valence-electron chi connectivity index (χ3n) is 8.66. The van der Waals surface area contributed by atoms with Crippen molar-refractivity contribution in [3.63, 3.8) is 0 Å².